The van der Waals surface area contributed by atoms with Gasteiger partial charge in [0.15, 0.2) is 0 Å². The van der Waals surface area contributed by atoms with Gasteiger partial charge in [0.05, 0.1) is 0 Å². The summed E-state index contributed by atoms with van der Waals surface area (Å²) in [5.41, 5.74) is 14.6. The number of nitrogens with two attached hydrogens (primary N) is 2. The maximum Gasteiger partial charge on any atom is 0.129 e. The number of nitrogens with zero attached hydrogens (tertiary/aromatic N) is 2. The molecule has 1 atom stereocenters. The van der Waals surface area contributed by atoms with Crippen LogP contribution in [0.4, 0.5) is 0 Å². The van der Waals surface area contributed by atoms with Gasteiger partial charge >= 0.3 is 0 Å². The Balaban J connectivity index is 1.91. The van der Waals surface area contributed by atoms with Crippen molar-refractivity contribution in [3.63, 3.8) is 0 Å². The van der Waals surface area contributed by atoms with Crippen molar-refractivity contribution in [3.05, 3.63) is 42.1 Å². The minimum Gasteiger partial charge on any atom is -0.399 e. The van der Waals surface area contributed by atoms with Gasteiger partial charge in [-0.3, -0.25) is 0 Å². The summed E-state index contributed by atoms with van der Waals surface area (Å²) in [6, 6.07) is 0. The Labute approximate surface area is 112 Å². The van der Waals surface area contributed by atoms with Crippen LogP contribution in [0.1, 0.15) is 31.2 Å². The molecule has 5 N–H and O–H groups in total. The predicted octanol–water partition coefficient (Wildman–Crippen LogP) is 1.11. The Hall–Kier alpha value is -1.88. The van der Waals surface area contributed by atoms with Crippen LogP contribution in [0.2, 0.25) is 0 Å². The molecular weight excluding hydrogens is 238 g/mol. The van der Waals surface area contributed by atoms with E-state index in [1.165, 1.54) is 19.2 Å². The van der Waals surface area contributed by atoms with Gasteiger partial charge in [0, 0.05) is 35.3 Å². The lowest BCUT2D eigenvalue weighted by atomic mass is 9.86. The van der Waals surface area contributed by atoms with Gasteiger partial charge < -0.3 is 16.8 Å². The molecule has 1 aromatic heterocycles. The third-order valence-electron chi connectivity index (χ3n) is 4.12. The number of allylic oxidation sites excluding steroid dienone is 2. The quantitative estimate of drug-likeness (QED) is 0.738. The average molecular weight is 257 g/mol. The number of nitrogens with one attached hydrogen (secondary N) is 1. The smallest absolute Gasteiger partial charge is 0.129 e. The number of hydrogen-bond acceptors (Lipinski definition) is 5. The maximum atomic E-state index is 6.55. The molecule has 2 heterocycles. The second-order valence-corrected chi connectivity index (χ2v) is 5.30. The minimum atomic E-state index is -0.642. The molecule has 1 aliphatic carbocycles. The molecule has 0 aromatic carbocycles. The molecule has 0 radical (unpaired) electrons. The lowest BCUT2D eigenvalue weighted by molar-refractivity contribution is 0.288. The molecule has 0 spiro atoms. The summed E-state index contributed by atoms with van der Waals surface area (Å²) in [5, 5.41) is 3.40. The predicted molar refractivity (Wildman–Crippen MR) is 74.3 cm³/mol. The van der Waals surface area contributed by atoms with E-state index in [9.17, 15) is 0 Å². The Kier molecular flexibility index (Phi) is 2.98. The van der Waals surface area contributed by atoms with Crippen LogP contribution >= 0.6 is 0 Å². The van der Waals surface area contributed by atoms with E-state index in [4.69, 9.17) is 11.5 Å². The first-order chi connectivity index (χ1) is 9.20. The third kappa shape index (κ3) is 2.10. The fourth-order valence-electron chi connectivity index (χ4n) is 2.97. The maximum absolute atomic E-state index is 6.55. The van der Waals surface area contributed by atoms with Crippen molar-refractivity contribution in [2.45, 2.75) is 31.3 Å². The first-order valence-electron chi connectivity index (χ1n) is 6.70. The van der Waals surface area contributed by atoms with Gasteiger partial charge in [-0.05, 0) is 25.0 Å². The van der Waals surface area contributed by atoms with Gasteiger partial charge in [-0.1, -0.05) is 12.8 Å². The molecule has 1 aliphatic heterocycles. The Morgan fingerprint density at radius 3 is 2.53 bits per heavy atom. The summed E-state index contributed by atoms with van der Waals surface area (Å²) >= 11 is 0. The average Bonchev–Trinajstić information content (AvgIpc) is 2.98. The van der Waals surface area contributed by atoms with Crippen LogP contribution < -0.4 is 16.8 Å². The van der Waals surface area contributed by atoms with E-state index in [1.54, 1.807) is 12.4 Å². The normalized spacial score (nSPS) is 27.6. The molecule has 1 saturated carbocycles. The summed E-state index contributed by atoms with van der Waals surface area (Å²) in [6.45, 7) is 0. The standard InChI is InChI=1S/C14H19N5/c15-13-6-5-12(10-7-17-9-18-8-10)19-14(13,16)11-3-1-2-4-11/h5-9,11,19H,1-4,15-16H2. The van der Waals surface area contributed by atoms with Crippen molar-refractivity contribution in [1.82, 2.24) is 15.3 Å². The van der Waals surface area contributed by atoms with Gasteiger partial charge in [0.25, 0.3) is 0 Å². The summed E-state index contributed by atoms with van der Waals surface area (Å²) in [4.78, 5) is 8.08. The highest BCUT2D eigenvalue weighted by molar-refractivity contribution is 5.67. The van der Waals surface area contributed by atoms with Crippen LogP contribution in [0.15, 0.2) is 36.6 Å². The highest BCUT2D eigenvalue weighted by Crippen LogP contribution is 2.36. The van der Waals surface area contributed by atoms with E-state index < -0.39 is 5.66 Å². The van der Waals surface area contributed by atoms with E-state index in [1.807, 2.05) is 12.2 Å². The molecule has 5 heteroatoms. The molecule has 1 aromatic rings. The van der Waals surface area contributed by atoms with E-state index in [0.29, 0.717) is 11.6 Å². The minimum absolute atomic E-state index is 0.386. The molecule has 0 saturated heterocycles. The second-order valence-electron chi connectivity index (χ2n) is 5.30. The van der Waals surface area contributed by atoms with Crippen molar-refractivity contribution in [2.24, 2.45) is 17.4 Å². The Morgan fingerprint density at radius 2 is 1.84 bits per heavy atom. The highest BCUT2D eigenvalue weighted by Gasteiger charge is 2.40. The molecule has 2 aliphatic rings. The van der Waals surface area contributed by atoms with Gasteiger partial charge in [-0.2, -0.15) is 0 Å². The number of rotatable bonds is 2. The molecule has 100 valence electrons. The zero-order valence-corrected chi connectivity index (χ0v) is 10.8. The second kappa shape index (κ2) is 4.66. The summed E-state index contributed by atoms with van der Waals surface area (Å²) in [6.07, 6.45) is 13.6. The van der Waals surface area contributed by atoms with Gasteiger partial charge in [0.2, 0.25) is 0 Å². The largest absolute Gasteiger partial charge is 0.399 e. The van der Waals surface area contributed by atoms with Crippen molar-refractivity contribution in [1.29, 1.82) is 0 Å². The van der Waals surface area contributed by atoms with Crippen molar-refractivity contribution < 1.29 is 0 Å². The first-order valence-corrected chi connectivity index (χ1v) is 6.70. The molecule has 3 rings (SSSR count). The van der Waals surface area contributed by atoms with Gasteiger partial charge in [0.1, 0.15) is 12.0 Å². The van der Waals surface area contributed by atoms with Crippen LogP contribution in [-0.4, -0.2) is 15.6 Å². The van der Waals surface area contributed by atoms with E-state index >= 15 is 0 Å². The van der Waals surface area contributed by atoms with Gasteiger partial charge in [-0.15, -0.1) is 0 Å². The molecule has 1 fully saturated rings. The van der Waals surface area contributed by atoms with Crippen molar-refractivity contribution >= 4 is 5.70 Å². The lowest BCUT2D eigenvalue weighted by Crippen LogP contribution is -2.61. The third-order valence-corrected chi connectivity index (χ3v) is 4.12. The Morgan fingerprint density at radius 1 is 1.16 bits per heavy atom. The number of dihydropyridines is 1. The molecule has 5 nitrogen and oxygen atoms in total. The van der Waals surface area contributed by atoms with Crippen LogP contribution in [-0.2, 0) is 0 Å². The Bertz CT molecular complexity index is 516. The lowest BCUT2D eigenvalue weighted by Gasteiger charge is -2.40. The fraction of sp³-hybridized carbons (Fsp3) is 0.429. The topological polar surface area (TPSA) is 89.8 Å². The SMILES string of the molecule is NC1=CC=C(c2cncnc2)NC1(N)C1CCCC1. The monoisotopic (exact) mass is 257 g/mol. The van der Waals surface area contributed by atoms with E-state index in [0.717, 1.165) is 24.1 Å². The summed E-state index contributed by atoms with van der Waals surface area (Å²) in [5.74, 6) is 0.386. The van der Waals surface area contributed by atoms with Crippen LogP contribution in [0.25, 0.3) is 5.70 Å². The molecule has 19 heavy (non-hydrogen) atoms. The van der Waals surface area contributed by atoms with Crippen molar-refractivity contribution in [3.8, 4) is 0 Å². The van der Waals surface area contributed by atoms with Crippen molar-refractivity contribution in [2.75, 3.05) is 0 Å². The fourth-order valence-corrected chi connectivity index (χ4v) is 2.97. The van der Waals surface area contributed by atoms with Crippen LogP contribution in [0, 0.1) is 5.92 Å². The first kappa shape index (κ1) is 12.2. The summed E-state index contributed by atoms with van der Waals surface area (Å²) < 4.78 is 0. The van der Waals surface area contributed by atoms with Crippen LogP contribution in [0.3, 0.4) is 0 Å². The van der Waals surface area contributed by atoms with Crippen LogP contribution in [0.5, 0.6) is 0 Å². The van der Waals surface area contributed by atoms with Gasteiger partial charge in [-0.25, -0.2) is 9.97 Å². The zero-order chi connectivity index (χ0) is 13.3. The molecule has 1 unspecified atom stereocenters. The number of aromatic nitrogens is 2. The number of hydrogen-bond donors (Lipinski definition) is 3. The zero-order valence-electron chi connectivity index (χ0n) is 10.8. The molecule has 0 bridgehead atoms. The highest BCUT2D eigenvalue weighted by atomic mass is 15.2. The summed E-state index contributed by atoms with van der Waals surface area (Å²) in [7, 11) is 0. The molecular formula is C14H19N5. The van der Waals surface area contributed by atoms with E-state index in [-0.39, 0.29) is 0 Å². The van der Waals surface area contributed by atoms with E-state index in [2.05, 4.69) is 15.3 Å². The molecule has 0 amide bonds.